The maximum absolute atomic E-state index is 13.1. The van der Waals surface area contributed by atoms with Crippen molar-refractivity contribution in [3.8, 4) is 0 Å². The van der Waals surface area contributed by atoms with E-state index in [0.29, 0.717) is 43.1 Å². The molecule has 0 aliphatic carbocycles. The van der Waals surface area contributed by atoms with Crippen molar-refractivity contribution in [2.75, 3.05) is 54.1 Å². The van der Waals surface area contributed by atoms with Gasteiger partial charge in [-0.1, -0.05) is 12.1 Å². The summed E-state index contributed by atoms with van der Waals surface area (Å²) < 4.78 is 54.9. The second-order valence-electron chi connectivity index (χ2n) is 8.16. The van der Waals surface area contributed by atoms with Crippen LogP contribution in [0, 0.1) is 0 Å². The summed E-state index contributed by atoms with van der Waals surface area (Å²) in [5, 5.41) is 0. The van der Waals surface area contributed by atoms with Crippen LogP contribution in [0.3, 0.4) is 0 Å². The lowest BCUT2D eigenvalue weighted by Crippen LogP contribution is -2.39. The molecule has 7 nitrogen and oxygen atoms in total. The number of carbonyl (C=O) groups is 2. The van der Waals surface area contributed by atoms with Crippen molar-refractivity contribution < 1.29 is 37.0 Å². The van der Waals surface area contributed by atoms with Gasteiger partial charge in [-0.3, -0.25) is 4.90 Å². The summed E-state index contributed by atoms with van der Waals surface area (Å²) in [5.41, 5.74) is 1.14. The van der Waals surface area contributed by atoms with Gasteiger partial charge >= 0.3 is 18.1 Å². The Morgan fingerprint density at radius 1 is 1.03 bits per heavy atom. The second kappa shape index (κ2) is 11.9. The third-order valence-corrected chi connectivity index (χ3v) is 6.34. The van der Waals surface area contributed by atoms with E-state index in [1.54, 1.807) is 18.9 Å². The first-order valence-corrected chi connectivity index (χ1v) is 10.9. The van der Waals surface area contributed by atoms with E-state index in [9.17, 15) is 22.8 Å². The normalized spacial score (nSPS) is 19.4. The molecule has 35 heavy (non-hydrogen) atoms. The van der Waals surface area contributed by atoms with Crippen LogP contribution in [-0.4, -0.2) is 75.9 Å². The Balaban J connectivity index is 0.00000432. The van der Waals surface area contributed by atoms with Crippen molar-refractivity contribution in [3.05, 3.63) is 57.9 Å². The van der Waals surface area contributed by atoms with Crippen molar-refractivity contribution in [1.29, 1.82) is 0 Å². The van der Waals surface area contributed by atoms with Gasteiger partial charge in [-0.25, -0.2) is 9.59 Å². The van der Waals surface area contributed by atoms with Crippen molar-refractivity contribution >= 4 is 24.3 Å². The molecule has 11 heteroatoms. The zero-order chi connectivity index (χ0) is 25.0. The van der Waals surface area contributed by atoms with Gasteiger partial charge < -0.3 is 19.1 Å². The summed E-state index contributed by atoms with van der Waals surface area (Å²) in [7, 11) is 4.21. The molecule has 1 fully saturated rings. The van der Waals surface area contributed by atoms with E-state index in [2.05, 4.69) is 4.90 Å². The van der Waals surface area contributed by atoms with E-state index >= 15 is 0 Å². The maximum Gasteiger partial charge on any atom is 0.416 e. The average Bonchev–Trinajstić information content (AvgIpc) is 2.83. The van der Waals surface area contributed by atoms with Crippen LogP contribution in [0.1, 0.15) is 30.4 Å². The summed E-state index contributed by atoms with van der Waals surface area (Å²) in [4.78, 5) is 29.8. The Labute approximate surface area is 208 Å². The van der Waals surface area contributed by atoms with E-state index in [-0.39, 0.29) is 23.6 Å². The Hall–Kier alpha value is -2.56. The van der Waals surface area contributed by atoms with Crippen LogP contribution >= 0.6 is 12.4 Å². The minimum absolute atomic E-state index is 0. The molecule has 0 amide bonds. The molecule has 0 radical (unpaired) electrons. The molecule has 0 N–H and O–H groups in total. The van der Waals surface area contributed by atoms with Crippen molar-refractivity contribution in [1.82, 2.24) is 9.80 Å². The number of esters is 2. The number of allylic oxidation sites excluding steroid dienone is 1. The summed E-state index contributed by atoms with van der Waals surface area (Å²) in [6.45, 7) is 5.14. The first-order valence-electron chi connectivity index (χ1n) is 10.9. The fraction of sp³-hybridized carbons (Fsp3) is 0.500. The topological polar surface area (TPSA) is 68.3 Å². The van der Waals surface area contributed by atoms with Crippen LogP contribution in [0.15, 0.2) is 46.8 Å². The number of hydrogen-bond donors (Lipinski definition) is 0. The number of hydrogen-bond acceptors (Lipinski definition) is 7. The molecule has 1 atom stereocenters. The molecule has 2 aliphatic rings. The van der Waals surface area contributed by atoms with Crippen LogP contribution in [-0.2, 0) is 30.0 Å². The Bertz CT molecular complexity index is 986. The van der Waals surface area contributed by atoms with Crippen molar-refractivity contribution in [2.45, 2.75) is 25.4 Å². The lowest BCUT2D eigenvalue weighted by Gasteiger charge is -2.38. The molecule has 3 rings (SSSR count). The molecule has 1 unspecified atom stereocenters. The fourth-order valence-electron chi connectivity index (χ4n) is 4.39. The SMILES string of the molecule is COC(=O)C1=C(C)N(C)C(CCN2CCOCC2)=C(C(=O)OC)C1c1ccc(C(F)(F)F)cc1.Cl. The van der Waals surface area contributed by atoms with Gasteiger partial charge in [-0.05, 0) is 24.6 Å². The molecular formula is C24H30ClF3N2O5. The average molecular weight is 519 g/mol. The second-order valence-corrected chi connectivity index (χ2v) is 8.16. The van der Waals surface area contributed by atoms with Crippen LogP contribution in [0.4, 0.5) is 13.2 Å². The number of methoxy groups -OCH3 is 2. The first-order chi connectivity index (χ1) is 16.1. The van der Waals surface area contributed by atoms with Gasteiger partial charge in [0.2, 0.25) is 0 Å². The highest BCUT2D eigenvalue weighted by Crippen LogP contribution is 2.44. The van der Waals surface area contributed by atoms with Crippen LogP contribution in [0.5, 0.6) is 0 Å². The molecule has 1 saturated heterocycles. The monoisotopic (exact) mass is 518 g/mol. The molecule has 1 aromatic carbocycles. The third-order valence-electron chi connectivity index (χ3n) is 6.34. The van der Waals surface area contributed by atoms with Gasteiger partial charge in [-0.15, -0.1) is 12.4 Å². The van der Waals surface area contributed by atoms with Crippen LogP contribution in [0.2, 0.25) is 0 Å². The Morgan fingerprint density at radius 2 is 1.57 bits per heavy atom. The number of nitrogens with zero attached hydrogens (tertiary/aromatic N) is 2. The molecule has 194 valence electrons. The highest BCUT2D eigenvalue weighted by molar-refractivity contribution is 5.99. The highest BCUT2D eigenvalue weighted by Gasteiger charge is 2.41. The minimum atomic E-state index is -4.51. The predicted molar refractivity (Wildman–Crippen MR) is 125 cm³/mol. The van der Waals surface area contributed by atoms with E-state index in [4.69, 9.17) is 14.2 Å². The van der Waals surface area contributed by atoms with Crippen molar-refractivity contribution in [3.63, 3.8) is 0 Å². The van der Waals surface area contributed by atoms with Gasteiger partial charge in [0.05, 0.1) is 50.1 Å². The van der Waals surface area contributed by atoms with Crippen molar-refractivity contribution in [2.24, 2.45) is 0 Å². The summed E-state index contributed by atoms with van der Waals surface area (Å²) in [5.74, 6) is -2.25. The minimum Gasteiger partial charge on any atom is -0.466 e. The van der Waals surface area contributed by atoms with Crippen LogP contribution in [0.25, 0.3) is 0 Å². The maximum atomic E-state index is 13.1. The highest BCUT2D eigenvalue weighted by atomic mass is 35.5. The molecule has 0 saturated carbocycles. The standard InChI is InChI=1S/C24H29F3N2O5.ClH/c1-15-19(22(30)32-3)20(16-5-7-17(8-6-16)24(25,26)27)21(23(31)33-4)18(28(15)2)9-10-29-11-13-34-14-12-29;/h5-8,20H,9-14H2,1-4H3;1H. The van der Waals surface area contributed by atoms with Crippen LogP contribution < -0.4 is 0 Å². The molecule has 1 aromatic rings. The van der Waals surface area contributed by atoms with Gasteiger partial charge in [-0.2, -0.15) is 13.2 Å². The first kappa shape index (κ1) is 28.7. The number of carbonyl (C=O) groups excluding carboxylic acids is 2. The molecule has 2 aliphatic heterocycles. The van der Waals surface area contributed by atoms with Gasteiger partial charge in [0.15, 0.2) is 0 Å². The largest absolute Gasteiger partial charge is 0.466 e. The summed E-state index contributed by atoms with van der Waals surface area (Å²) in [6, 6.07) is 4.47. The number of morpholine rings is 1. The molecule has 0 spiro atoms. The van der Waals surface area contributed by atoms with E-state index in [1.807, 2.05) is 0 Å². The number of halogens is 4. The van der Waals surface area contributed by atoms with Gasteiger partial charge in [0, 0.05) is 44.5 Å². The molecule has 0 aromatic heterocycles. The number of alkyl halides is 3. The quantitative estimate of drug-likeness (QED) is 0.531. The number of benzene rings is 1. The third kappa shape index (κ3) is 6.17. The number of ether oxygens (including phenoxy) is 3. The predicted octanol–water partition coefficient (Wildman–Crippen LogP) is 3.75. The Morgan fingerprint density at radius 3 is 2.09 bits per heavy atom. The van der Waals surface area contributed by atoms with E-state index < -0.39 is 29.6 Å². The molecular weight excluding hydrogens is 489 g/mol. The fourth-order valence-corrected chi connectivity index (χ4v) is 4.39. The van der Waals surface area contributed by atoms with E-state index in [1.165, 1.54) is 26.4 Å². The lowest BCUT2D eigenvalue weighted by molar-refractivity contribution is -0.138. The summed E-state index contributed by atoms with van der Waals surface area (Å²) in [6.07, 6.45) is -4.03. The van der Waals surface area contributed by atoms with E-state index in [0.717, 1.165) is 25.2 Å². The van der Waals surface area contributed by atoms with Gasteiger partial charge in [0.25, 0.3) is 0 Å². The smallest absolute Gasteiger partial charge is 0.416 e. The Kier molecular flexibility index (Phi) is 9.76. The zero-order valence-electron chi connectivity index (χ0n) is 20.1. The molecule has 0 bridgehead atoms. The summed E-state index contributed by atoms with van der Waals surface area (Å²) >= 11 is 0. The number of rotatable bonds is 6. The van der Waals surface area contributed by atoms with Gasteiger partial charge in [0.1, 0.15) is 0 Å². The zero-order valence-corrected chi connectivity index (χ0v) is 20.9. The lowest BCUT2D eigenvalue weighted by atomic mass is 9.79. The molecule has 2 heterocycles.